The van der Waals surface area contributed by atoms with Crippen LogP contribution in [0.1, 0.15) is 24.8 Å². The normalized spacial score (nSPS) is 29.6. The summed E-state index contributed by atoms with van der Waals surface area (Å²) >= 11 is 5.78. The number of hydrogen-bond donors (Lipinski definition) is 1. The minimum Gasteiger partial charge on any atom is -0.481 e. The van der Waals surface area contributed by atoms with E-state index < -0.39 is 17.2 Å². The Labute approximate surface area is 121 Å². The molecule has 1 aliphatic carbocycles. The lowest BCUT2D eigenvalue weighted by molar-refractivity contribution is -0.153. The number of benzene rings is 1. The van der Waals surface area contributed by atoms with Crippen molar-refractivity contribution in [3.8, 4) is 0 Å². The Morgan fingerprint density at radius 3 is 2.90 bits per heavy atom. The van der Waals surface area contributed by atoms with Crippen LogP contribution in [-0.2, 0) is 16.0 Å². The third-order valence-electron chi connectivity index (χ3n) is 4.40. The van der Waals surface area contributed by atoms with Gasteiger partial charge in [0, 0.05) is 6.61 Å². The van der Waals surface area contributed by atoms with Gasteiger partial charge in [0.25, 0.3) is 0 Å². The Bertz CT molecular complexity index is 544. The Balaban J connectivity index is 1.95. The first-order valence-electron chi connectivity index (χ1n) is 6.82. The van der Waals surface area contributed by atoms with E-state index in [0.29, 0.717) is 24.5 Å². The molecule has 0 spiro atoms. The predicted molar refractivity (Wildman–Crippen MR) is 72.3 cm³/mol. The minimum absolute atomic E-state index is 0.0323. The van der Waals surface area contributed by atoms with Crippen LogP contribution in [0.15, 0.2) is 18.2 Å². The van der Waals surface area contributed by atoms with Crippen LogP contribution < -0.4 is 0 Å². The Morgan fingerprint density at radius 1 is 1.50 bits per heavy atom. The van der Waals surface area contributed by atoms with Crippen molar-refractivity contribution < 1.29 is 19.0 Å². The average molecular weight is 299 g/mol. The van der Waals surface area contributed by atoms with Crippen LogP contribution in [0.3, 0.4) is 0 Å². The van der Waals surface area contributed by atoms with Gasteiger partial charge in [-0.15, -0.1) is 0 Å². The maximum absolute atomic E-state index is 14.1. The molecule has 1 aliphatic heterocycles. The van der Waals surface area contributed by atoms with Crippen LogP contribution in [-0.4, -0.2) is 23.8 Å². The minimum atomic E-state index is -1.02. The van der Waals surface area contributed by atoms with E-state index in [9.17, 15) is 14.3 Å². The summed E-state index contributed by atoms with van der Waals surface area (Å²) in [7, 11) is 0. The summed E-state index contributed by atoms with van der Waals surface area (Å²) in [4.78, 5) is 11.8. The molecule has 1 aromatic carbocycles. The third kappa shape index (κ3) is 2.21. The maximum Gasteiger partial charge on any atom is 0.312 e. The van der Waals surface area contributed by atoms with Crippen LogP contribution in [0, 0.1) is 17.2 Å². The topological polar surface area (TPSA) is 46.5 Å². The van der Waals surface area contributed by atoms with Gasteiger partial charge in [-0.1, -0.05) is 23.7 Å². The molecule has 3 rings (SSSR count). The van der Waals surface area contributed by atoms with E-state index in [0.717, 1.165) is 12.8 Å². The van der Waals surface area contributed by atoms with Crippen molar-refractivity contribution in [3.63, 3.8) is 0 Å². The monoisotopic (exact) mass is 298 g/mol. The molecule has 2 unspecified atom stereocenters. The largest absolute Gasteiger partial charge is 0.481 e. The molecule has 0 amide bonds. The SMILES string of the molecule is O=C(O)C1(Cc2cccc(Cl)c2F)CCOC1C1CC1. The third-order valence-corrected chi connectivity index (χ3v) is 4.70. The van der Waals surface area contributed by atoms with Crippen molar-refractivity contribution in [2.45, 2.75) is 31.8 Å². The van der Waals surface area contributed by atoms with E-state index in [2.05, 4.69) is 0 Å². The van der Waals surface area contributed by atoms with E-state index in [1.54, 1.807) is 12.1 Å². The van der Waals surface area contributed by atoms with Crippen LogP contribution in [0.25, 0.3) is 0 Å². The van der Waals surface area contributed by atoms with E-state index in [-0.39, 0.29) is 17.5 Å². The zero-order chi connectivity index (χ0) is 14.3. The number of carboxylic acid groups (broad SMARTS) is 1. The standard InChI is InChI=1S/C15H16ClFO3/c16-11-3-1-2-10(12(11)17)8-15(14(18)19)6-7-20-13(15)9-4-5-9/h1-3,9,13H,4-8H2,(H,18,19). The molecule has 1 saturated heterocycles. The van der Waals surface area contributed by atoms with Crippen molar-refractivity contribution in [2.24, 2.45) is 11.3 Å². The van der Waals surface area contributed by atoms with Crippen LogP contribution in [0.2, 0.25) is 5.02 Å². The van der Waals surface area contributed by atoms with Gasteiger partial charge in [-0.2, -0.15) is 0 Å². The molecule has 108 valence electrons. The summed E-state index contributed by atoms with van der Waals surface area (Å²) < 4.78 is 19.7. The van der Waals surface area contributed by atoms with Crippen LogP contribution in [0.5, 0.6) is 0 Å². The number of halogens is 2. The quantitative estimate of drug-likeness (QED) is 0.928. The summed E-state index contributed by atoms with van der Waals surface area (Å²) in [5, 5.41) is 9.73. The number of hydrogen-bond acceptors (Lipinski definition) is 2. The maximum atomic E-state index is 14.1. The van der Waals surface area contributed by atoms with Gasteiger partial charge in [0.1, 0.15) is 11.2 Å². The lowest BCUT2D eigenvalue weighted by Crippen LogP contribution is -2.42. The van der Waals surface area contributed by atoms with Gasteiger partial charge >= 0.3 is 5.97 Å². The van der Waals surface area contributed by atoms with Crippen molar-refractivity contribution in [1.82, 2.24) is 0 Å². The molecule has 1 N–H and O–H groups in total. The molecule has 0 bridgehead atoms. The fourth-order valence-corrected chi connectivity index (χ4v) is 3.37. The number of carbonyl (C=O) groups is 1. The predicted octanol–water partition coefficient (Wildman–Crippen LogP) is 3.29. The first-order chi connectivity index (χ1) is 9.54. The van der Waals surface area contributed by atoms with Crippen molar-refractivity contribution in [1.29, 1.82) is 0 Å². The second-order valence-corrected chi connectivity index (χ2v) is 6.14. The molecule has 5 heteroatoms. The molecule has 2 aliphatic rings. The Hall–Kier alpha value is -1.13. The van der Waals surface area contributed by atoms with Crippen LogP contribution in [0.4, 0.5) is 4.39 Å². The first-order valence-corrected chi connectivity index (χ1v) is 7.20. The zero-order valence-electron chi connectivity index (χ0n) is 10.9. The smallest absolute Gasteiger partial charge is 0.312 e. The van der Waals surface area contributed by atoms with E-state index in [1.165, 1.54) is 6.07 Å². The van der Waals surface area contributed by atoms with Crippen LogP contribution >= 0.6 is 11.6 Å². The van der Waals surface area contributed by atoms with Gasteiger partial charge in [0.15, 0.2) is 0 Å². The molecule has 2 fully saturated rings. The number of rotatable bonds is 4. The molecule has 20 heavy (non-hydrogen) atoms. The molecule has 0 aromatic heterocycles. The van der Waals surface area contributed by atoms with Gasteiger partial charge in [0.05, 0.1) is 11.1 Å². The van der Waals surface area contributed by atoms with E-state index >= 15 is 0 Å². The average Bonchev–Trinajstić information content (AvgIpc) is 3.16. The summed E-state index contributed by atoms with van der Waals surface area (Å²) in [5.74, 6) is -1.11. The summed E-state index contributed by atoms with van der Waals surface area (Å²) in [6, 6.07) is 4.73. The zero-order valence-corrected chi connectivity index (χ0v) is 11.7. The fourth-order valence-electron chi connectivity index (χ4n) is 3.17. The highest BCUT2D eigenvalue weighted by Crippen LogP contribution is 2.49. The lowest BCUT2D eigenvalue weighted by atomic mass is 9.74. The summed E-state index contributed by atoms with van der Waals surface area (Å²) in [5.41, 5.74) is -0.664. The molecule has 1 saturated carbocycles. The molecular formula is C15H16ClFO3. The van der Waals surface area contributed by atoms with Gasteiger partial charge in [-0.3, -0.25) is 4.79 Å². The van der Waals surface area contributed by atoms with E-state index in [4.69, 9.17) is 16.3 Å². The Kier molecular flexibility index (Phi) is 3.46. The highest BCUT2D eigenvalue weighted by Gasteiger charge is 2.56. The number of aliphatic carboxylic acids is 1. The number of carboxylic acids is 1. The van der Waals surface area contributed by atoms with Gasteiger partial charge in [-0.25, -0.2) is 4.39 Å². The van der Waals surface area contributed by atoms with Gasteiger partial charge < -0.3 is 9.84 Å². The van der Waals surface area contributed by atoms with Gasteiger partial charge in [-0.05, 0) is 43.2 Å². The highest BCUT2D eigenvalue weighted by molar-refractivity contribution is 6.30. The van der Waals surface area contributed by atoms with Crippen molar-refractivity contribution >= 4 is 17.6 Å². The molecule has 0 radical (unpaired) electrons. The molecular weight excluding hydrogens is 283 g/mol. The summed E-state index contributed by atoms with van der Waals surface area (Å²) in [6.07, 6.45) is 2.25. The van der Waals surface area contributed by atoms with Crippen molar-refractivity contribution in [3.05, 3.63) is 34.6 Å². The highest BCUT2D eigenvalue weighted by atomic mass is 35.5. The molecule has 1 heterocycles. The Morgan fingerprint density at radius 2 is 2.25 bits per heavy atom. The number of ether oxygens (including phenoxy) is 1. The van der Waals surface area contributed by atoms with Gasteiger partial charge in [0.2, 0.25) is 0 Å². The second-order valence-electron chi connectivity index (χ2n) is 5.73. The summed E-state index contributed by atoms with van der Waals surface area (Å²) in [6.45, 7) is 0.426. The van der Waals surface area contributed by atoms with Crippen molar-refractivity contribution in [2.75, 3.05) is 6.61 Å². The van der Waals surface area contributed by atoms with E-state index in [1.807, 2.05) is 0 Å². The second kappa shape index (κ2) is 5.01. The molecule has 1 aromatic rings. The first kappa shape index (κ1) is 13.8. The fraction of sp³-hybridized carbons (Fsp3) is 0.533. The molecule has 2 atom stereocenters. The molecule has 3 nitrogen and oxygen atoms in total. The lowest BCUT2D eigenvalue weighted by Gasteiger charge is -2.30.